The van der Waals surface area contributed by atoms with Crippen LogP contribution in [0.3, 0.4) is 0 Å². The van der Waals surface area contributed by atoms with Gasteiger partial charge in [0.2, 0.25) is 0 Å². The van der Waals surface area contributed by atoms with E-state index in [1.807, 2.05) is 0 Å². The van der Waals surface area contributed by atoms with E-state index in [-0.39, 0.29) is 30.3 Å². The molecule has 2 aliphatic heterocycles. The number of carbonyl (C=O) groups is 3. The van der Waals surface area contributed by atoms with Gasteiger partial charge in [-0.1, -0.05) is 6.07 Å². The molecule has 2 saturated heterocycles. The van der Waals surface area contributed by atoms with Gasteiger partial charge in [-0.15, -0.1) is 0 Å². The Hall–Kier alpha value is -3.42. The van der Waals surface area contributed by atoms with Gasteiger partial charge in [-0.25, -0.2) is 14.1 Å². The molecule has 2 aromatic rings. The minimum Gasteiger partial charge on any atom is -0.457 e. The number of amides is 3. The van der Waals surface area contributed by atoms with Gasteiger partial charge < -0.3 is 14.4 Å². The molecule has 0 N–H and O–H groups in total. The molecule has 3 amide bonds. The molecular weight excluding hydrogens is 379 g/mol. The van der Waals surface area contributed by atoms with Crippen LogP contribution in [-0.4, -0.2) is 53.4 Å². The first kappa shape index (κ1) is 18.9. The Labute approximate surface area is 166 Å². The Morgan fingerprint density at radius 3 is 2.41 bits per heavy atom. The van der Waals surface area contributed by atoms with Crippen molar-refractivity contribution in [1.29, 1.82) is 0 Å². The highest BCUT2D eigenvalue weighted by Gasteiger charge is 2.39. The van der Waals surface area contributed by atoms with Crippen molar-refractivity contribution in [3.05, 3.63) is 59.9 Å². The lowest BCUT2D eigenvalue weighted by molar-refractivity contribution is -0.127. The summed E-state index contributed by atoms with van der Waals surface area (Å²) in [5.41, 5.74) is 0.472. The highest BCUT2D eigenvalue weighted by atomic mass is 19.1. The zero-order valence-electron chi connectivity index (χ0n) is 15.5. The van der Waals surface area contributed by atoms with Gasteiger partial charge in [0.15, 0.2) is 6.61 Å². The summed E-state index contributed by atoms with van der Waals surface area (Å²) in [6.45, 7) is 0.659. The summed E-state index contributed by atoms with van der Waals surface area (Å²) in [5.74, 6) is 0.115. The maximum Gasteiger partial charge on any atom is 0.417 e. The van der Waals surface area contributed by atoms with Crippen molar-refractivity contribution in [3.8, 4) is 11.5 Å². The summed E-state index contributed by atoms with van der Waals surface area (Å²) >= 11 is 0. The number of benzene rings is 2. The number of nitrogens with zero attached hydrogens (tertiary/aromatic N) is 2. The molecule has 0 unspecified atom stereocenters. The third kappa shape index (κ3) is 4.06. The topological polar surface area (TPSA) is 76.2 Å². The molecule has 0 spiro atoms. The van der Waals surface area contributed by atoms with Gasteiger partial charge in [0.05, 0.1) is 0 Å². The van der Waals surface area contributed by atoms with E-state index in [1.54, 1.807) is 29.2 Å². The fourth-order valence-electron chi connectivity index (χ4n) is 3.56. The molecule has 2 heterocycles. The lowest BCUT2D eigenvalue weighted by Gasteiger charge is -2.34. The highest BCUT2D eigenvalue weighted by molar-refractivity contribution is 5.98. The molecule has 0 radical (unpaired) electrons. The molecule has 29 heavy (non-hydrogen) atoms. The second kappa shape index (κ2) is 7.90. The summed E-state index contributed by atoms with van der Waals surface area (Å²) in [6, 6.07) is 12.2. The Balaban J connectivity index is 1.39. The van der Waals surface area contributed by atoms with Gasteiger partial charge in [-0.3, -0.25) is 9.59 Å². The van der Waals surface area contributed by atoms with Crippen LogP contribution in [0.4, 0.5) is 9.18 Å². The lowest BCUT2D eigenvalue weighted by Crippen LogP contribution is -2.48. The van der Waals surface area contributed by atoms with E-state index in [4.69, 9.17) is 9.47 Å². The first-order chi connectivity index (χ1) is 14.0. The second-order valence-electron chi connectivity index (χ2n) is 6.93. The van der Waals surface area contributed by atoms with E-state index in [9.17, 15) is 18.8 Å². The zero-order chi connectivity index (χ0) is 20.4. The van der Waals surface area contributed by atoms with E-state index in [2.05, 4.69) is 0 Å². The smallest absolute Gasteiger partial charge is 0.417 e. The highest BCUT2D eigenvalue weighted by Crippen LogP contribution is 2.25. The summed E-state index contributed by atoms with van der Waals surface area (Å²) < 4.78 is 23.5. The van der Waals surface area contributed by atoms with Crippen molar-refractivity contribution >= 4 is 17.9 Å². The van der Waals surface area contributed by atoms with E-state index >= 15 is 0 Å². The molecule has 7 nitrogen and oxygen atoms in total. The molecule has 4 rings (SSSR count). The number of carbonyl (C=O) groups excluding carboxylic acids is 3. The van der Waals surface area contributed by atoms with Crippen molar-refractivity contribution in [2.75, 3.05) is 19.7 Å². The van der Waals surface area contributed by atoms with E-state index in [1.165, 1.54) is 29.2 Å². The van der Waals surface area contributed by atoms with Crippen LogP contribution < -0.4 is 4.74 Å². The normalized spacial score (nSPS) is 17.4. The van der Waals surface area contributed by atoms with Crippen LogP contribution in [0.2, 0.25) is 0 Å². The number of hydrogen-bond donors (Lipinski definition) is 0. The minimum absolute atomic E-state index is 0.150. The van der Waals surface area contributed by atoms with E-state index in [0.29, 0.717) is 43.0 Å². The predicted octanol–water partition coefficient (Wildman–Crippen LogP) is 3.20. The second-order valence-corrected chi connectivity index (χ2v) is 6.93. The Morgan fingerprint density at radius 2 is 1.76 bits per heavy atom. The van der Waals surface area contributed by atoms with Crippen molar-refractivity contribution in [2.45, 2.75) is 18.9 Å². The first-order valence-corrected chi connectivity index (χ1v) is 9.33. The number of ether oxygens (including phenoxy) is 2. The Morgan fingerprint density at radius 1 is 1.03 bits per heavy atom. The van der Waals surface area contributed by atoms with Gasteiger partial charge in [0, 0.05) is 24.7 Å². The van der Waals surface area contributed by atoms with Gasteiger partial charge >= 0.3 is 6.09 Å². The molecule has 0 aliphatic carbocycles. The van der Waals surface area contributed by atoms with Crippen molar-refractivity contribution in [3.63, 3.8) is 0 Å². The van der Waals surface area contributed by atoms with Crippen LogP contribution in [0.1, 0.15) is 23.2 Å². The molecule has 150 valence electrons. The van der Waals surface area contributed by atoms with Crippen LogP contribution in [0.25, 0.3) is 0 Å². The van der Waals surface area contributed by atoms with E-state index in [0.717, 1.165) is 0 Å². The largest absolute Gasteiger partial charge is 0.457 e. The average Bonchev–Trinajstić information content (AvgIpc) is 3.08. The van der Waals surface area contributed by atoms with Crippen LogP contribution in [0.15, 0.2) is 48.5 Å². The molecule has 2 aliphatic rings. The number of likely N-dealkylation sites (tertiary alicyclic amines) is 1. The third-order valence-electron chi connectivity index (χ3n) is 5.03. The standard InChI is InChI=1S/C21H19FN2O5/c22-15-4-6-17(7-5-15)29-18-3-1-2-14(12-18)20(26)23-10-8-16(9-11-23)24-19(25)13-28-21(24)27/h1-7,12,16H,8-11,13H2. The fraction of sp³-hybridized carbons (Fsp3) is 0.286. The maximum absolute atomic E-state index is 13.0. The summed E-state index contributed by atoms with van der Waals surface area (Å²) in [6.07, 6.45) is 0.418. The maximum atomic E-state index is 13.0. The van der Waals surface area contributed by atoms with Gasteiger partial charge in [0.1, 0.15) is 17.3 Å². The zero-order valence-corrected chi connectivity index (χ0v) is 15.5. The monoisotopic (exact) mass is 398 g/mol. The molecule has 0 saturated carbocycles. The third-order valence-corrected chi connectivity index (χ3v) is 5.03. The molecule has 0 bridgehead atoms. The van der Waals surface area contributed by atoms with Gasteiger partial charge in [-0.05, 0) is 55.3 Å². The van der Waals surface area contributed by atoms with Crippen molar-refractivity contribution < 1.29 is 28.2 Å². The number of piperidine rings is 1. The van der Waals surface area contributed by atoms with Crippen LogP contribution in [-0.2, 0) is 9.53 Å². The number of rotatable bonds is 4. The predicted molar refractivity (Wildman–Crippen MR) is 100 cm³/mol. The molecule has 8 heteroatoms. The Bertz CT molecular complexity index is 922. The Kier molecular flexibility index (Phi) is 5.16. The molecule has 0 atom stereocenters. The molecule has 2 fully saturated rings. The minimum atomic E-state index is -0.606. The fourth-order valence-corrected chi connectivity index (χ4v) is 3.56. The van der Waals surface area contributed by atoms with Crippen LogP contribution in [0.5, 0.6) is 11.5 Å². The summed E-state index contributed by atoms with van der Waals surface area (Å²) in [5, 5.41) is 0. The van der Waals surface area contributed by atoms with Gasteiger partial charge in [-0.2, -0.15) is 0 Å². The molecule has 2 aromatic carbocycles. The first-order valence-electron chi connectivity index (χ1n) is 9.33. The summed E-state index contributed by atoms with van der Waals surface area (Å²) in [7, 11) is 0. The van der Waals surface area contributed by atoms with Gasteiger partial charge in [0.25, 0.3) is 11.8 Å². The number of imide groups is 1. The van der Waals surface area contributed by atoms with Crippen molar-refractivity contribution in [2.24, 2.45) is 0 Å². The summed E-state index contributed by atoms with van der Waals surface area (Å²) in [4.78, 5) is 39.2. The van der Waals surface area contributed by atoms with Crippen molar-refractivity contribution in [1.82, 2.24) is 9.80 Å². The number of halogens is 1. The molecular formula is C21H19FN2O5. The lowest BCUT2D eigenvalue weighted by atomic mass is 10.0. The van der Waals surface area contributed by atoms with Crippen LogP contribution in [0, 0.1) is 5.82 Å². The van der Waals surface area contributed by atoms with E-state index < -0.39 is 6.09 Å². The average molecular weight is 398 g/mol. The van der Waals surface area contributed by atoms with Crippen LogP contribution >= 0.6 is 0 Å². The SMILES string of the molecule is O=C(c1cccc(Oc2ccc(F)cc2)c1)N1CCC(N2C(=O)COC2=O)CC1. The quantitative estimate of drug-likeness (QED) is 0.791. The molecule has 0 aromatic heterocycles. The number of hydrogen-bond acceptors (Lipinski definition) is 5. The number of cyclic esters (lactones) is 1.